The smallest absolute Gasteiger partial charge is 0.410 e. The lowest BCUT2D eigenvalue weighted by Gasteiger charge is -2.36. The van der Waals surface area contributed by atoms with Crippen LogP contribution in [-0.4, -0.2) is 28.9 Å². The Hall–Kier alpha value is -1.55. The Bertz CT molecular complexity index is 551. The van der Waals surface area contributed by atoms with Gasteiger partial charge in [0.2, 0.25) is 0 Å². The second kappa shape index (κ2) is 6.06. The fourth-order valence-electron chi connectivity index (χ4n) is 2.39. The zero-order valence-corrected chi connectivity index (χ0v) is 13.3. The van der Waals surface area contributed by atoms with Crippen molar-refractivity contribution in [2.75, 3.05) is 6.54 Å². The minimum atomic E-state index is -0.566. The molecule has 1 aliphatic heterocycles. The molecule has 1 aromatic rings. The Morgan fingerprint density at radius 1 is 1.33 bits per heavy atom. The summed E-state index contributed by atoms with van der Waals surface area (Å²) in [5, 5.41) is 0.561. The summed E-state index contributed by atoms with van der Waals surface area (Å²) in [4.78, 5) is 25.8. The molecule has 0 spiro atoms. The minimum Gasteiger partial charge on any atom is -0.444 e. The maximum Gasteiger partial charge on any atom is 0.410 e. The van der Waals surface area contributed by atoms with Crippen molar-refractivity contribution in [3.05, 3.63) is 34.9 Å². The van der Waals surface area contributed by atoms with Crippen molar-refractivity contribution in [2.45, 2.75) is 45.3 Å². The summed E-state index contributed by atoms with van der Waals surface area (Å²) >= 11 is 6.22. The molecule has 0 aromatic heterocycles. The van der Waals surface area contributed by atoms with Gasteiger partial charge in [0.1, 0.15) is 11.4 Å². The fraction of sp³-hybridized carbons (Fsp3) is 0.500. The van der Waals surface area contributed by atoms with Gasteiger partial charge in [0.05, 0.1) is 6.04 Å². The average Bonchev–Trinajstić information content (AvgIpc) is 2.37. The highest BCUT2D eigenvalue weighted by atomic mass is 35.5. The minimum absolute atomic E-state index is 0.139. The third kappa shape index (κ3) is 3.97. The number of rotatable bonds is 1. The van der Waals surface area contributed by atoms with E-state index in [0.29, 0.717) is 18.0 Å². The van der Waals surface area contributed by atoms with Crippen LogP contribution < -0.4 is 0 Å². The van der Waals surface area contributed by atoms with Gasteiger partial charge in [-0.3, -0.25) is 4.79 Å². The summed E-state index contributed by atoms with van der Waals surface area (Å²) in [6.45, 7) is 5.84. The van der Waals surface area contributed by atoms with Gasteiger partial charge in [-0.05, 0) is 32.4 Å². The molecule has 2 rings (SSSR count). The number of likely N-dealkylation sites (tertiary alicyclic amines) is 1. The summed E-state index contributed by atoms with van der Waals surface area (Å²) in [6.07, 6.45) is 0.239. The number of nitrogens with zero attached hydrogens (tertiary/aromatic N) is 1. The van der Waals surface area contributed by atoms with Gasteiger partial charge in [-0.15, -0.1) is 0 Å². The molecule has 1 atom stereocenters. The summed E-state index contributed by atoms with van der Waals surface area (Å²) in [5.74, 6) is 0.139. The van der Waals surface area contributed by atoms with Crippen LogP contribution in [-0.2, 0) is 9.53 Å². The van der Waals surface area contributed by atoms with Crippen molar-refractivity contribution >= 4 is 23.5 Å². The normalized spacial score (nSPS) is 19.5. The first-order valence-electron chi connectivity index (χ1n) is 7.03. The largest absolute Gasteiger partial charge is 0.444 e. The van der Waals surface area contributed by atoms with Crippen LogP contribution in [0, 0.1) is 0 Å². The van der Waals surface area contributed by atoms with E-state index < -0.39 is 11.7 Å². The number of ketones is 1. The maximum atomic E-state index is 12.4. The van der Waals surface area contributed by atoms with E-state index in [1.54, 1.807) is 11.0 Å². The van der Waals surface area contributed by atoms with Crippen LogP contribution in [0.25, 0.3) is 0 Å². The van der Waals surface area contributed by atoms with Gasteiger partial charge >= 0.3 is 6.09 Å². The third-order valence-electron chi connectivity index (χ3n) is 3.32. The Morgan fingerprint density at radius 2 is 2.00 bits per heavy atom. The number of benzene rings is 1. The molecule has 1 heterocycles. The van der Waals surface area contributed by atoms with Gasteiger partial charge in [-0.2, -0.15) is 0 Å². The number of piperidine rings is 1. The van der Waals surface area contributed by atoms with Gasteiger partial charge < -0.3 is 9.64 Å². The zero-order chi connectivity index (χ0) is 15.6. The molecule has 5 heteroatoms. The van der Waals surface area contributed by atoms with Gasteiger partial charge in [0.15, 0.2) is 0 Å². The van der Waals surface area contributed by atoms with Crippen molar-refractivity contribution in [1.82, 2.24) is 4.90 Å². The van der Waals surface area contributed by atoms with E-state index in [1.165, 1.54) is 0 Å². The van der Waals surface area contributed by atoms with E-state index in [1.807, 2.05) is 39.0 Å². The molecule has 0 aliphatic carbocycles. The number of hydrogen-bond acceptors (Lipinski definition) is 3. The van der Waals surface area contributed by atoms with Gasteiger partial charge in [0.25, 0.3) is 0 Å². The predicted molar refractivity (Wildman–Crippen MR) is 81.4 cm³/mol. The van der Waals surface area contributed by atoms with Gasteiger partial charge in [-0.1, -0.05) is 29.8 Å². The molecule has 0 N–H and O–H groups in total. The summed E-state index contributed by atoms with van der Waals surface area (Å²) < 4.78 is 5.44. The third-order valence-corrected chi connectivity index (χ3v) is 3.67. The fourth-order valence-corrected chi connectivity index (χ4v) is 2.65. The lowest BCUT2D eigenvalue weighted by molar-refractivity contribution is -0.123. The van der Waals surface area contributed by atoms with E-state index in [2.05, 4.69) is 0 Å². The zero-order valence-electron chi connectivity index (χ0n) is 12.6. The average molecular weight is 310 g/mol. The molecule has 1 saturated heterocycles. The highest BCUT2D eigenvalue weighted by Crippen LogP contribution is 2.34. The molecule has 1 amide bonds. The van der Waals surface area contributed by atoms with Crippen molar-refractivity contribution in [2.24, 2.45) is 0 Å². The maximum absolute atomic E-state index is 12.4. The molecule has 1 fully saturated rings. The molecular weight excluding hydrogens is 290 g/mol. The van der Waals surface area contributed by atoms with E-state index in [9.17, 15) is 9.59 Å². The molecule has 1 unspecified atom stereocenters. The monoisotopic (exact) mass is 309 g/mol. The Morgan fingerprint density at radius 3 is 2.62 bits per heavy atom. The number of carbonyl (C=O) groups is 2. The summed E-state index contributed by atoms with van der Waals surface area (Å²) in [6, 6.07) is 6.95. The molecular formula is C16H20ClNO3. The number of Topliss-reactive ketones (excluding diaryl/α,β-unsaturated/α-hetero) is 1. The van der Waals surface area contributed by atoms with Gasteiger partial charge in [0, 0.05) is 24.4 Å². The standard InChI is InChI=1S/C16H20ClNO3/c1-16(2,3)21-15(20)18-9-8-11(19)10-14(18)12-6-4-5-7-13(12)17/h4-7,14H,8-10H2,1-3H3. The van der Waals surface area contributed by atoms with E-state index in [4.69, 9.17) is 16.3 Å². The van der Waals surface area contributed by atoms with Crippen LogP contribution in [0.1, 0.15) is 45.2 Å². The van der Waals surface area contributed by atoms with Crippen LogP contribution >= 0.6 is 11.6 Å². The van der Waals surface area contributed by atoms with Crippen LogP contribution in [0.3, 0.4) is 0 Å². The van der Waals surface area contributed by atoms with E-state index in [0.717, 1.165) is 5.56 Å². The molecule has 1 aromatic carbocycles. The first kappa shape index (κ1) is 15.8. The van der Waals surface area contributed by atoms with E-state index >= 15 is 0 Å². The summed E-state index contributed by atoms with van der Waals surface area (Å²) in [7, 11) is 0. The summed E-state index contributed by atoms with van der Waals surface area (Å²) in [5.41, 5.74) is 0.224. The van der Waals surface area contributed by atoms with E-state index in [-0.39, 0.29) is 18.2 Å². The molecule has 0 radical (unpaired) electrons. The number of amides is 1. The highest BCUT2D eigenvalue weighted by Gasteiger charge is 2.35. The molecule has 4 nitrogen and oxygen atoms in total. The van der Waals surface area contributed by atoms with Gasteiger partial charge in [-0.25, -0.2) is 4.79 Å². The SMILES string of the molecule is CC(C)(C)OC(=O)N1CCC(=O)CC1c1ccccc1Cl. The molecule has 0 bridgehead atoms. The number of carbonyl (C=O) groups excluding carboxylic acids is 2. The number of ether oxygens (including phenoxy) is 1. The molecule has 21 heavy (non-hydrogen) atoms. The van der Waals surface area contributed by atoms with Crippen molar-refractivity contribution in [1.29, 1.82) is 0 Å². The second-order valence-electron chi connectivity index (χ2n) is 6.20. The second-order valence-corrected chi connectivity index (χ2v) is 6.61. The first-order chi connectivity index (χ1) is 9.78. The van der Waals surface area contributed by atoms with Crippen molar-refractivity contribution < 1.29 is 14.3 Å². The first-order valence-corrected chi connectivity index (χ1v) is 7.41. The quantitative estimate of drug-likeness (QED) is 0.788. The Balaban J connectivity index is 2.28. The molecule has 0 saturated carbocycles. The van der Waals surface area contributed by atoms with Crippen molar-refractivity contribution in [3.63, 3.8) is 0 Å². The predicted octanol–water partition coefficient (Wildman–Crippen LogP) is 3.98. The lowest BCUT2D eigenvalue weighted by atomic mass is 9.94. The van der Waals surface area contributed by atoms with Crippen molar-refractivity contribution in [3.8, 4) is 0 Å². The highest BCUT2D eigenvalue weighted by molar-refractivity contribution is 6.31. The van der Waals surface area contributed by atoms with Crippen LogP contribution in [0.5, 0.6) is 0 Å². The number of halogens is 1. The molecule has 114 valence electrons. The Kier molecular flexibility index (Phi) is 4.57. The Labute approximate surface area is 130 Å². The number of hydrogen-bond donors (Lipinski definition) is 0. The van der Waals surface area contributed by atoms with Crippen LogP contribution in [0.4, 0.5) is 4.79 Å². The van der Waals surface area contributed by atoms with Crippen LogP contribution in [0.2, 0.25) is 5.02 Å². The lowest BCUT2D eigenvalue weighted by Crippen LogP contribution is -2.44. The molecule has 1 aliphatic rings. The van der Waals surface area contributed by atoms with Crippen LogP contribution in [0.15, 0.2) is 24.3 Å². The topological polar surface area (TPSA) is 46.6 Å².